The monoisotopic (exact) mass is 217 g/mol. The molecule has 1 atom stereocenters. The van der Waals surface area contributed by atoms with Crippen molar-refractivity contribution < 1.29 is 4.79 Å². The smallest absolute Gasteiger partial charge is 0.233 e. The van der Waals surface area contributed by atoms with E-state index in [9.17, 15) is 4.79 Å². The number of carbonyl (C=O) groups is 1. The Balaban J connectivity index is 4.02. The second-order valence-electron chi connectivity index (χ2n) is 3.00. The summed E-state index contributed by atoms with van der Waals surface area (Å²) in [6, 6.07) is 1.94. The van der Waals surface area contributed by atoms with Gasteiger partial charge in [-0.05, 0) is 13.0 Å². The zero-order chi connectivity index (χ0) is 11.0. The summed E-state index contributed by atoms with van der Waals surface area (Å²) in [5.41, 5.74) is 0. The van der Waals surface area contributed by atoms with Crippen LogP contribution in [0.15, 0.2) is 0 Å². The molecule has 5 heteroatoms. The third kappa shape index (κ3) is 5.79. The van der Waals surface area contributed by atoms with Gasteiger partial charge in [-0.1, -0.05) is 6.92 Å². The van der Waals surface area contributed by atoms with Crippen molar-refractivity contribution in [1.29, 1.82) is 5.26 Å². The number of rotatable bonds is 6. The topological polar surface area (TPSA) is 56.1 Å². The van der Waals surface area contributed by atoms with Crippen molar-refractivity contribution in [3.8, 4) is 6.07 Å². The maximum atomic E-state index is 11.1. The fraction of sp³-hybridized carbons (Fsp3) is 0.778. The van der Waals surface area contributed by atoms with Gasteiger partial charge in [0.2, 0.25) is 5.91 Å². The van der Waals surface area contributed by atoms with Gasteiger partial charge in [0.1, 0.15) is 5.38 Å². The largest absolute Gasteiger partial charge is 0.358 e. The van der Waals surface area contributed by atoms with Gasteiger partial charge in [-0.25, -0.2) is 0 Å². The van der Waals surface area contributed by atoms with Crippen LogP contribution in [0.1, 0.15) is 13.3 Å². The standard InChI is InChI=1S/C9H16ClN3O/c1-3-4-13(6-8(10)5-11)7-9(14)12-2/h8H,3-4,6-7H2,1-2H3,(H,12,14). The van der Waals surface area contributed by atoms with Crippen LogP contribution < -0.4 is 5.32 Å². The molecule has 1 N–H and O–H groups in total. The minimum absolute atomic E-state index is 0.0553. The molecule has 0 aliphatic rings. The van der Waals surface area contributed by atoms with E-state index in [0.29, 0.717) is 13.1 Å². The van der Waals surface area contributed by atoms with Gasteiger partial charge in [-0.2, -0.15) is 5.26 Å². The molecule has 0 aromatic carbocycles. The lowest BCUT2D eigenvalue weighted by Crippen LogP contribution is -2.38. The summed E-state index contributed by atoms with van der Waals surface area (Å²) >= 11 is 5.69. The molecule has 0 aliphatic carbocycles. The number of nitriles is 1. The molecule has 0 saturated carbocycles. The summed E-state index contributed by atoms with van der Waals surface area (Å²) in [5, 5.41) is 10.5. The molecule has 0 rings (SSSR count). The number of likely N-dealkylation sites (N-methyl/N-ethyl adjacent to an activating group) is 1. The van der Waals surface area contributed by atoms with E-state index in [1.807, 2.05) is 17.9 Å². The van der Waals surface area contributed by atoms with Crippen LogP contribution in [0.3, 0.4) is 0 Å². The molecule has 0 spiro atoms. The van der Waals surface area contributed by atoms with Crippen molar-refractivity contribution in [1.82, 2.24) is 10.2 Å². The number of halogens is 1. The second kappa shape index (κ2) is 7.60. The maximum Gasteiger partial charge on any atom is 0.233 e. The van der Waals surface area contributed by atoms with E-state index in [2.05, 4.69) is 5.32 Å². The Morgan fingerprint density at radius 3 is 2.79 bits per heavy atom. The third-order valence-corrected chi connectivity index (χ3v) is 1.98. The number of alkyl halides is 1. The Morgan fingerprint density at radius 2 is 2.36 bits per heavy atom. The van der Waals surface area contributed by atoms with Crippen molar-refractivity contribution in [2.24, 2.45) is 0 Å². The average molecular weight is 218 g/mol. The second-order valence-corrected chi connectivity index (χ2v) is 3.53. The highest BCUT2D eigenvalue weighted by atomic mass is 35.5. The lowest BCUT2D eigenvalue weighted by atomic mass is 10.3. The number of hydrogen-bond donors (Lipinski definition) is 1. The van der Waals surface area contributed by atoms with E-state index in [-0.39, 0.29) is 5.91 Å². The summed E-state index contributed by atoms with van der Waals surface area (Å²) < 4.78 is 0. The Hall–Kier alpha value is -0.790. The first-order valence-electron chi connectivity index (χ1n) is 4.60. The lowest BCUT2D eigenvalue weighted by molar-refractivity contribution is -0.121. The predicted molar refractivity (Wildman–Crippen MR) is 56.1 cm³/mol. The molecular weight excluding hydrogens is 202 g/mol. The van der Waals surface area contributed by atoms with E-state index in [0.717, 1.165) is 13.0 Å². The van der Waals surface area contributed by atoms with Gasteiger partial charge in [0.05, 0.1) is 12.6 Å². The SMILES string of the molecule is CCCN(CC(=O)NC)CC(Cl)C#N. The summed E-state index contributed by atoms with van der Waals surface area (Å²) in [4.78, 5) is 13.0. The van der Waals surface area contributed by atoms with Crippen LogP contribution in [0, 0.1) is 11.3 Å². The highest BCUT2D eigenvalue weighted by molar-refractivity contribution is 6.22. The first-order valence-corrected chi connectivity index (χ1v) is 5.04. The van der Waals surface area contributed by atoms with Gasteiger partial charge in [0, 0.05) is 13.6 Å². The normalized spacial score (nSPS) is 12.2. The minimum Gasteiger partial charge on any atom is -0.358 e. The Kier molecular flexibility index (Phi) is 7.17. The fourth-order valence-electron chi connectivity index (χ4n) is 1.10. The molecule has 1 unspecified atom stereocenters. The van der Waals surface area contributed by atoms with Crippen molar-refractivity contribution >= 4 is 17.5 Å². The third-order valence-electron chi connectivity index (χ3n) is 1.74. The van der Waals surface area contributed by atoms with Gasteiger partial charge in [0.25, 0.3) is 0 Å². The summed E-state index contributed by atoms with van der Waals surface area (Å²) in [5.74, 6) is -0.0553. The number of carbonyl (C=O) groups excluding carboxylic acids is 1. The zero-order valence-corrected chi connectivity index (χ0v) is 9.34. The van der Waals surface area contributed by atoms with E-state index in [1.54, 1.807) is 7.05 Å². The molecular formula is C9H16ClN3O. The van der Waals surface area contributed by atoms with Gasteiger partial charge in [-0.15, -0.1) is 11.6 Å². The Labute approximate surface area is 89.8 Å². The van der Waals surface area contributed by atoms with Gasteiger partial charge in [-0.3, -0.25) is 9.69 Å². The Bertz CT molecular complexity index is 215. The number of nitrogens with zero attached hydrogens (tertiary/aromatic N) is 2. The van der Waals surface area contributed by atoms with Crippen LogP contribution in [0.2, 0.25) is 0 Å². The highest BCUT2D eigenvalue weighted by Gasteiger charge is 2.12. The van der Waals surface area contributed by atoms with Gasteiger partial charge < -0.3 is 5.32 Å². The highest BCUT2D eigenvalue weighted by Crippen LogP contribution is 1.99. The van der Waals surface area contributed by atoms with Gasteiger partial charge in [0.15, 0.2) is 0 Å². The quantitative estimate of drug-likeness (QED) is 0.662. The Morgan fingerprint density at radius 1 is 1.71 bits per heavy atom. The molecule has 80 valence electrons. The van der Waals surface area contributed by atoms with Crippen LogP contribution >= 0.6 is 11.6 Å². The molecule has 1 amide bonds. The van der Waals surface area contributed by atoms with Crippen molar-refractivity contribution in [2.75, 3.05) is 26.7 Å². The van der Waals surface area contributed by atoms with Crippen molar-refractivity contribution in [3.05, 3.63) is 0 Å². The molecule has 0 aromatic rings. The summed E-state index contributed by atoms with van der Waals surface area (Å²) in [6.45, 7) is 3.53. The number of nitrogens with one attached hydrogen (secondary N) is 1. The van der Waals surface area contributed by atoms with Crippen LogP contribution in [0.4, 0.5) is 0 Å². The molecule has 14 heavy (non-hydrogen) atoms. The average Bonchev–Trinajstić information content (AvgIpc) is 2.17. The molecule has 0 radical (unpaired) electrons. The maximum absolute atomic E-state index is 11.1. The van der Waals surface area contributed by atoms with Crippen molar-refractivity contribution in [3.63, 3.8) is 0 Å². The zero-order valence-electron chi connectivity index (χ0n) is 8.59. The van der Waals surface area contributed by atoms with Crippen LogP contribution in [0.25, 0.3) is 0 Å². The lowest BCUT2D eigenvalue weighted by Gasteiger charge is -2.20. The predicted octanol–water partition coefficient (Wildman–Crippen LogP) is 0.575. The van der Waals surface area contributed by atoms with Crippen molar-refractivity contribution in [2.45, 2.75) is 18.7 Å². The van der Waals surface area contributed by atoms with Gasteiger partial charge >= 0.3 is 0 Å². The molecule has 0 bridgehead atoms. The molecule has 0 heterocycles. The molecule has 0 saturated heterocycles. The van der Waals surface area contributed by atoms with E-state index >= 15 is 0 Å². The molecule has 4 nitrogen and oxygen atoms in total. The first-order chi connectivity index (χ1) is 6.63. The molecule has 0 fully saturated rings. The molecule has 0 aromatic heterocycles. The molecule has 0 aliphatic heterocycles. The minimum atomic E-state index is -0.550. The summed E-state index contributed by atoms with van der Waals surface area (Å²) in [6.07, 6.45) is 0.937. The number of hydrogen-bond acceptors (Lipinski definition) is 3. The summed E-state index contributed by atoms with van der Waals surface area (Å²) in [7, 11) is 1.59. The van der Waals surface area contributed by atoms with E-state index < -0.39 is 5.38 Å². The fourth-order valence-corrected chi connectivity index (χ4v) is 1.30. The van der Waals surface area contributed by atoms with Crippen LogP contribution in [0.5, 0.6) is 0 Å². The van der Waals surface area contributed by atoms with E-state index in [4.69, 9.17) is 16.9 Å². The van der Waals surface area contributed by atoms with E-state index in [1.165, 1.54) is 0 Å². The number of amides is 1. The van der Waals surface area contributed by atoms with Crippen LogP contribution in [-0.2, 0) is 4.79 Å². The first kappa shape index (κ1) is 13.2. The van der Waals surface area contributed by atoms with Crippen LogP contribution in [-0.4, -0.2) is 42.9 Å².